The molecule has 0 aliphatic heterocycles. The van der Waals surface area contributed by atoms with Crippen LogP contribution in [0.25, 0.3) is 0 Å². The van der Waals surface area contributed by atoms with Gasteiger partial charge in [0.15, 0.2) is 5.69 Å². The van der Waals surface area contributed by atoms with Gasteiger partial charge in [-0.2, -0.15) is 13.2 Å². The zero-order valence-corrected chi connectivity index (χ0v) is 9.74. The Hall–Kier alpha value is -1.41. The molecule has 0 saturated heterocycles. The molecule has 0 aromatic carbocycles. The molecule has 1 heterocycles. The average molecular weight is 265 g/mol. The summed E-state index contributed by atoms with van der Waals surface area (Å²) < 4.78 is 41.3. The Kier molecular flexibility index (Phi) is 5.29. The molecule has 0 aliphatic rings. The lowest BCUT2D eigenvalue weighted by Gasteiger charge is -2.10. The topological polar surface area (TPSA) is 67.3 Å². The number of halogens is 3. The molecule has 1 unspecified atom stereocenters. The summed E-state index contributed by atoms with van der Waals surface area (Å²) in [7, 11) is 1.47. The van der Waals surface area contributed by atoms with E-state index >= 15 is 0 Å². The second-order valence-corrected chi connectivity index (χ2v) is 3.63. The summed E-state index contributed by atoms with van der Waals surface area (Å²) in [5.74, 6) is 0.229. The first-order valence-corrected chi connectivity index (χ1v) is 5.25. The first kappa shape index (κ1) is 14.7. The molecule has 0 radical (unpaired) electrons. The van der Waals surface area contributed by atoms with Crippen molar-refractivity contribution in [1.29, 1.82) is 0 Å². The van der Waals surface area contributed by atoms with E-state index in [0.717, 1.165) is 6.07 Å². The third kappa shape index (κ3) is 4.84. The average Bonchev–Trinajstić information content (AvgIpc) is 2.29. The number of methoxy groups -OCH3 is 1. The summed E-state index contributed by atoms with van der Waals surface area (Å²) in [6.07, 6.45) is -4.71. The molecule has 1 aromatic rings. The Labute approximate surface area is 102 Å². The minimum absolute atomic E-state index is 0.209. The number of aliphatic hydroxyl groups is 1. The van der Waals surface area contributed by atoms with E-state index in [-0.39, 0.29) is 12.4 Å². The predicted molar refractivity (Wildman–Crippen MR) is 58.0 cm³/mol. The van der Waals surface area contributed by atoms with Gasteiger partial charge in [0, 0.05) is 13.7 Å². The highest BCUT2D eigenvalue weighted by Gasteiger charge is 2.32. The molecule has 18 heavy (non-hydrogen) atoms. The number of aliphatic hydroxyl groups excluding tert-OH is 1. The van der Waals surface area contributed by atoms with Crippen LogP contribution in [-0.4, -0.2) is 41.7 Å². The van der Waals surface area contributed by atoms with Crippen LogP contribution in [0.2, 0.25) is 0 Å². The molecular weight excluding hydrogens is 251 g/mol. The quantitative estimate of drug-likeness (QED) is 0.811. The monoisotopic (exact) mass is 265 g/mol. The third-order valence-electron chi connectivity index (χ3n) is 2.10. The van der Waals surface area contributed by atoms with E-state index in [4.69, 9.17) is 4.74 Å². The van der Waals surface area contributed by atoms with Gasteiger partial charge < -0.3 is 15.2 Å². The van der Waals surface area contributed by atoms with Gasteiger partial charge in [0.1, 0.15) is 5.82 Å². The maximum Gasteiger partial charge on any atom is 0.435 e. The fourth-order valence-electron chi connectivity index (χ4n) is 1.22. The van der Waals surface area contributed by atoms with E-state index in [0.29, 0.717) is 13.0 Å². The van der Waals surface area contributed by atoms with Gasteiger partial charge in [-0.25, -0.2) is 0 Å². The van der Waals surface area contributed by atoms with Crippen LogP contribution in [0.3, 0.4) is 0 Å². The molecule has 102 valence electrons. The van der Waals surface area contributed by atoms with Crippen molar-refractivity contribution in [2.24, 2.45) is 0 Å². The van der Waals surface area contributed by atoms with Crippen molar-refractivity contribution in [2.75, 3.05) is 25.6 Å². The summed E-state index contributed by atoms with van der Waals surface area (Å²) in [6, 6.07) is 2.04. The number of nitrogens with zero attached hydrogens (tertiary/aromatic N) is 2. The van der Waals surface area contributed by atoms with Crippen molar-refractivity contribution >= 4 is 5.82 Å². The van der Waals surface area contributed by atoms with Gasteiger partial charge in [-0.1, -0.05) is 0 Å². The van der Waals surface area contributed by atoms with Crippen LogP contribution in [0.15, 0.2) is 12.1 Å². The van der Waals surface area contributed by atoms with E-state index in [2.05, 4.69) is 15.5 Å². The fourth-order valence-corrected chi connectivity index (χ4v) is 1.22. The second kappa shape index (κ2) is 6.50. The highest BCUT2D eigenvalue weighted by Crippen LogP contribution is 2.26. The van der Waals surface area contributed by atoms with Crippen molar-refractivity contribution in [2.45, 2.75) is 18.7 Å². The van der Waals surface area contributed by atoms with Crippen LogP contribution >= 0.6 is 0 Å². The molecule has 1 atom stereocenters. The summed E-state index contributed by atoms with van der Waals surface area (Å²) in [5, 5.41) is 18.5. The maximum atomic E-state index is 12.2. The molecule has 0 saturated carbocycles. The SMILES string of the molecule is COCC(O)CCNc1ccc(C(F)(F)F)nn1. The van der Waals surface area contributed by atoms with Gasteiger partial charge in [0.2, 0.25) is 0 Å². The fraction of sp³-hybridized carbons (Fsp3) is 0.600. The number of rotatable bonds is 6. The number of alkyl halides is 3. The van der Waals surface area contributed by atoms with Crippen molar-refractivity contribution in [3.8, 4) is 0 Å². The molecule has 1 rings (SSSR count). The van der Waals surface area contributed by atoms with E-state index in [1.807, 2.05) is 0 Å². The molecule has 0 fully saturated rings. The standard InChI is InChI=1S/C10H14F3N3O2/c1-18-6-7(17)4-5-14-9-3-2-8(15-16-9)10(11,12)13/h2-3,7,17H,4-6H2,1H3,(H,14,16). The number of nitrogens with one attached hydrogen (secondary N) is 1. The van der Waals surface area contributed by atoms with Crippen molar-refractivity contribution < 1.29 is 23.0 Å². The normalized spacial score (nSPS) is 13.4. The van der Waals surface area contributed by atoms with Crippen molar-refractivity contribution in [3.63, 3.8) is 0 Å². The summed E-state index contributed by atoms with van der Waals surface area (Å²) >= 11 is 0. The maximum absolute atomic E-state index is 12.2. The van der Waals surface area contributed by atoms with Gasteiger partial charge in [0.25, 0.3) is 0 Å². The van der Waals surface area contributed by atoms with Gasteiger partial charge >= 0.3 is 6.18 Å². The van der Waals surface area contributed by atoms with Crippen LogP contribution in [0.1, 0.15) is 12.1 Å². The highest BCUT2D eigenvalue weighted by atomic mass is 19.4. The van der Waals surface area contributed by atoms with Gasteiger partial charge in [0.05, 0.1) is 12.7 Å². The Morgan fingerprint density at radius 1 is 1.39 bits per heavy atom. The van der Waals surface area contributed by atoms with Gasteiger partial charge in [-0.05, 0) is 18.6 Å². The molecule has 0 aliphatic carbocycles. The lowest BCUT2D eigenvalue weighted by Crippen LogP contribution is -2.19. The Morgan fingerprint density at radius 3 is 2.61 bits per heavy atom. The summed E-state index contributed by atoms with van der Waals surface area (Å²) in [6.45, 7) is 0.574. The third-order valence-corrected chi connectivity index (χ3v) is 2.10. The minimum atomic E-state index is -4.49. The van der Waals surface area contributed by atoms with E-state index < -0.39 is 18.0 Å². The molecule has 0 amide bonds. The number of anilines is 1. The van der Waals surface area contributed by atoms with Crippen molar-refractivity contribution in [3.05, 3.63) is 17.8 Å². The number of hydrogen-bond acceptors (Lipinski definition) is 5. The second-order valence-electron chi connectivity index (χ2n) is 3.63. The smallest absolute Gasteiger partial charge is 0.391 e. The molecule has 1 aromatic heterocycles. The summed E-state index contributed by atoms with van der Waals surface area (Å²) in [4.78, 5) is 0. The zero-order valence-electron chi connectivity index (χ0n) is 9.74. The van der Waals surface area contributed by atoms with Gasteiger partial charge in [-0.3, -0.25) is 0 Å². The van der Waals surface area contributed by atoms with Crippen molar-refractivity contribution in [1.82, 2.24) is 10.2 Å². The number of aromatic nitrogens is 2. The van der Waals surface area contributed by atoms with E-state index in [1.165, 1.54) is 13.2 Å². The Morgan fingerprint density at radius 2 is 2.11 bits per heavy atom. The van der Waals surface area contributed by atoms with Crippen LogP contribution in [0.5, 0.6) is 0 Å². The van der Waals surface area contributed by atoms with Crippen LogP contribution in [0, 0.1) is 0 Å². The molecule has 5 nitrogen and oxygen atoms in total. The minimum Gasteiger partial charge on any atom is -0.391 e. The summed E-state index contributed by atoms with van der Waals surface area (Å²) in [5.41, 5.74) is -1.03. The molecule has 8 heteroatoms. The number of hydrogen-bond donors (Lipinski definition) is 2. The first-order chi connectivity index (χ1) is 8.43. The molecule has 0 bridgehead atoms. The lowest BCUT2D eigenvalue weighted by atomic mass is 10.2. The largest absolute Gasteiger partial charge is 0.435 e. The Bertz CT molecular complexity index is 356. The Balaban J connectivity index is 2.40. The van der Waals surface area contributed by atoms with Crippen LogP contribution < -0.4 is 5.32 Å². The van der Waals surface area contributed by atoms with Crippen LogP contribution in [-0.2, 0) is 10.9 Å². The molecule has 0 spiro atoms. The van der Waals surface area contributed by atoms with Crippen LogP contribution in [0.4, 0.5) is 19.0 Å². The highest BCUT2D eigenvalue weighted by molar-refractivity contribution is 5.33. The number of ether oxygens (including phenoxy) is 1. The van der Waals surface area contributed by atoms with E-state index in [9.17, 15) is 18.3 Å². The molecular formula is C10H14F3N3O2. The zero-order chi connectivity index (χ0) is 13.6. The predicted octanol–water partition coefficient (Wildman–Crippen LogP) is 1.30. The molecule has 2 N–H and O–H groups in total. The van der Waals surface area contributed by atoms with Gasteiger partial charge in [-0.15, -0.1) is 10.2 Å². The lowest BCUT2D eigenvalue weighted by molar-refractivity contribution is -0.141. The van der Waals surface area contributed by atoms with E-state index in [1.54, 1.807) is 0 Å². The first-order valence-electron chi connectivity index (χ1n) is 5.25.